The Morgan fingerprint density at radius 3 is 1.35 bits per heavy atom. The van der Waals surface area contributed by atoms with Crippen LogP contribution in [0.5, 0.6) is 0 Å². The summed E-state index contributed by atoms with van der Waals surface area (Å²) in [5, 5.41) is 17.4. The molecule has 0 fully saturated rings. The molecule has 2 aliphatic rings. The first kappa shape index (κ1) is 46.8. The molecule has 2 aromatic carbocycles. The summed E-state index contributed by atoms with van der Waals surface area (Å²) >= 11 is 0. The molecule has 8 rings (SSSR count). The number of hydrogen-bond acceptors (Lipinski definition) is 8. The summed E-state index contributed by atoms with van der Waals surface area (Å²) in [6, 6.07) is 35.2. The zero-order valence-electron chi connectivity index (χ0n) is 35.6. The first-order valence-corrected chi connectivity index (χ1v) is 20.7. The molecule has 0 radical (unpaired) electrons. The van der Waals surface area contributed by atoms with Crippen LogP contribution >= 0.6 is 0 Å². The van der Waals surface area contributed by atoms with Crippen molar-refractivity contribution in [2.75, 3.05) is 32.7 Å². The van der Waals surface area contributed by atoms with Crippen molar-refractivity contribution in [2.24, 2.45) is 0 Å². The minimum atomic E-state index is 0. The molecular weight excluding hydrogens is 1110 g/mol. The molecule has 0 atom stereocenters. The van der Waals surface area contributed by atoms with Gasteiger partial charge in [0.2, 0.25) is 0 Å². The van der Waals surface area contributed by atoms with Crippen LogP contribution in [0.2, 0.25) is 0 Å². The Labute approximate surface area is 386 Å². The minimum absolute atomic E-state index is 0. The second-order valence-corrected chi connectivity index (χ2v) is 17.1. The van der Waals surface area contributed by atoms with Crippen molar-refractivity contribution in [1.29, 1.82) is 0 Å². The molecule has 0 unspecified atom stereocenters. The standard InChI is InChI=1S/2C24H28N5.2Pt/c2*1-24(2,3)22-17-19(26-27-22)11-6-5-9-16-28-18-29(20-12-7-4-8-13-20)23-21(28)14-10-15-25-23;;/h2*4,7-8,10,12,14-15,17-18H,5-6,9,11,16H2,1-3H3;;/q2*-3;;. The van der Waals surface area contributed by atoms with Gasteiger partial charge in [-0.25, -0.2) is 9.97 Å². The van der Waals surface area contributed by atoms with Crippen LogP contribution in [-0.4, -0.2) is 33.3 Å². The first-order chi connectivity index (χ1) is 28.0. The van der Waals surface area contributed by atoms with E-state index in [2.05, 4.69) is 153 Å². The number of anilines is 6. The molecule has 60 heavy (non-hydrogen) atoms. The van der Waals surface area contributed by atoms with Gasteiger partial charge in [-0.1, -0.05) is 66.5 Å². The Balaban J connectivity index is 0.000000220. The Morgan fingerprint density at radius 1 is 0.550 bits per heavy atom. The van der Waals surface area contributed by atoms with E-state index in [0.29, 0.717) is 0 Å². The van der Waals surface area contributed by atoms with Crippen molar-refractivity contribution in [2.45, 2.75) is 104 Å². The third kappa shape index (κ3) is 12.0. The smallest absolute Gasteiger partial charge is 0.124 e. The molecule has 12 heteroatoms. The zero-order chi connectivity index (χ0) is 40.5. The van der Waals surface area contributed by atoms with Crippen molar-refractivity contribution in [3.05, 3.63) is 146 Å². The Morgan fingerprint density at radius 2 is 0.983 bits per heavy atom. The van der Waals surface area contributed by atoms with Gasteiger partial charge in [0.15, 0.2) is 0 Å². The van der Waals surface area contributed by atoms with Crippen LogP contribution in [0.4, 0.5) is 34.4 Å². The fraction of sp³-hybridized carbons (Fsp3) is 0.375. The average Bonchev–Trinajstić information content (AvgIpc) is 4.04. The number of aryl methyl sites for hydroxylation is 2. The number of rotatable bonds is 14. The predicted octanol–water partition coefficient (Wildman–Crippen LogP) is 10.0. The number of para-hydroxylation sites is 2. The fourth-order valence-corrected chi connectivity index (χ4v) is 7.06. The van der Waals surface area contributed by atoms with E-state index in [1.807, 2.05) is 60.9 Å². The monoisotopic (exact) mass is 1160 g/mol. The molecule has 4 aromatic heterocycles. The maximum atomic E-state index is 4.59. The van der Waals surface area contributed by atoms with Crippen molar-refractivity contribution in [1.82, 2.24) is 30.4 Å². The number of benzene rings is 2. The van der Waals surface area contributed by atoms with E-state index in [-0.39, 0.29) is 53.0 Å². The Hall–Kier alpha value is -4.26. The van der Waals surface area contributed by atoms with Gasteiger partial charge >= 0.3 is 0 Å². The summed E-state index contributed by atoms with van der Waals surface area (Å²) in [5.74, 6) is 1.94. The van der Waals surface area contributed by atoms with Crippen LogP contribution in [0.3, 0.4) is 0 Å². The topological polar surface area (TPSA) is 92.7 Å². The maximum Gasteiger partial charge on any atom is 0.124 e. The molecule has 0 amide bonds. The van der Waals surface area contributed by atoms with E-state index in [0.717, 1.165) is 122 Å². The molecule has 324 valence electrons. The Bertz CT molecular complexity index is 2020. The number of fused-ring (bicyclic) bond motifs is 2. The van der Waals surface area contributed by atoms with Gasteiger partial charge < -0.3 is 40.0 Å². The summed E-state index contributed by atoms with van der Waals surface area (Å²) in [7, 11) is 0. The van der Waals surface area contributed by atoms with E-state index in [1.54, 1.807) is 0 Å². The number of nitrogens with zero attached hydrogens (tertiary/aromatic N) is 10. The van der Waals surface area contributed by atoms with E-state index < -0.39 is 0 Å². The SMILES string of the molecule is CC(C)(C)c1cc(CCCCCN2[CH-]N(c3[c-]cccc3)c3ncccc32)n[n-]1.CC(C)(C)c1cc(CCCCCN2[CH-]N(c3[c-]cccc3)c3ncccc32)n[n-]1.[Pt].[Pt]. The van der Waals surface area contributed by atoms with E-state index >= 15 is 0 Å². The van der Waals surface area contributed by atoms with Crippen molar-refractivity contribution in [3.63, 3.8) is 0 Å². The summed E-state index contributed by atoms with van der Waals surface area (Å²) < 4.78 is 0. The van der Waals surface area contributed by atoms with Gasteiger partial charge in [0.25, 0.3) is 0 Å². The summed E-state index contributed by atoms with van der Waals surface area (Å²) in [5.41, 5.74) is 8.87. The van der Waals surface area contributed by atoms with Crippen molar-refractivity contribution >= 4 is 34.4 Å². The fourth-order valence-electron chi connectivity index (χ4n) is 7.06. The molecule has 0 spiro atoms. The number of hydrogen-bond donors (Lipinski definition) is 0. The van der Waals surface area contributed by atoms with Gasteiger partial charge in [-0.15, -0.1) is 22.8 Å². The molecule has 0 aliphatic carbocycles. The maximum absolute atomic E-state index is 4.59. The molecule has 0 bridgehead atoms. The molecule has 10 nitrogen and oxygen atoms in total. The zero-order valence-corrected chi connectivity index (χ0v) is 40.1. The molecule has 6 heterocycles. The van der Waals surface area contributed by atoms with Gasteiger partial charge in [-0.05, 0) is 86.7 Å². The molecule has 0 saturated carbocycles. The van der Waals surface area contributed by atoms with Crippen LogP contribution in [0.15, 0.2) is 97.3 Å². The predicted molar refractivity (Wildman–Crippen MR) is 234 cm³/mol. The van der Waals surface area contributed by atoms with Gasteiger partial charge in [-0.2, -0.15) is 74.0 Å². The molecular formula is C48H56N10Pt2-6. The minimum Gasteiger partial charge on any atom is -0.578 e. The van der Waals surface area contributed by atoms with Crippen LogP contribution in [0.1, 0.15) is 103 Å². The number of pyridine rings is 2. The molecule has 2 aliphatic heterocycles. The second-order valence-electron chi connectivity index (χ2n) is 17.1. The van der Waals surface area contributed by atoms with Gasteiger partial charge in [-0.3, -0.25) is 0 Å². The third-order valence-corrected chi connectivity index (χ3v) is 10.4. The first-order valence-electron chi connectivity index (χ1n) is 20.7. The molecule has 0 N–H and O–H groups in total. The normalized spacial score (nSPS) is 13.3. The van der Waals surface area contributed by atoms with Crippen LogP contribution in [-0.2, 0) is 65.8 Å². The van der Waals surface area contributed by atoms with Crippen LogP contribution < -0.4 is 29.8 Å². The summed E-state index contributed by atoms with van der Waals surface area (Å²) in [6.45, 7) is 19.3. The summed E-state index contributed by atoms with van der Waals surface area (Å²) in [6.07, 6.45) is 12.5. The van der Waals surface area contributed by atoms with E-state index in [1.165, 1.54) is 0 Å². The quantitative estimate of drug-likeness (QED) is 0.0776. The third-order valence-electron chi connectivity index (χ3n) is 10.4. The van der Waals surface area contributed by atoms with Gasteiger partial charge in [0, 0.05) is 77.3 Å². The van der Waals surface area contributed by atoms with Gasteiger partial charge in [0.05, 0.1) is 0 Å². The van der Waals surface area contributed by atoms with Crippen LogP contribution in [0, 0.1) is 25.5 Å². The van der Waals surface area contributed by atoms with Crippen molar-refractivity contribution in [3.8, 4) is 0 Å². The van der Waals surface area contributed by atoms with Crippen LogP contribution in [0.25, 0.3) is 0 Å². The summed E-state index contributed by atoms with van der Waals surface area (Å²) in [4.78, 5) is 18.0. The second kappa shape index (κ2) is 21.5. The van der Waals surface area contributed by atoms with E-state index in [9.17, 15) is 0 Å². The molecule has 6 aromatic rings. The van der Waals surface area contributed by atoms with Crippen molar-refractivity contribution < 1.29 is 42.1 Å². The van der Waals surface area contributed by atoms with Gasteiger partial charge in [0.1, 0.15) is 11.6 Å². The molecule has 0 saturated heterocycles. The largest absolute Gasteiger partial charge is 0.578 e. The average molecular weight is 1160 g/mol. The van der Waals surface area contributed by atoms with E-state index in [4.69, 9.17) is 0 Å². The number of unbranched alkanes of at least 4 members (excludes halogenated alkanes) is 4. The Kier molecular flexibility index (Phi) is 16.8. The number of aromatic nitrogens is 6.